The smallest absolute Gasteiger partial charge is 0.303 e. The Labute approximate surface area is 101 Å². The highest BCUT2D eigenvalue weighted by Gasteiger charge is 2.58. The molecule has 17 heavy (non-hydrogen) atoms. The molecule has 0 radical (unpaired) electrons. The first kappa shape index (κ1) is 12.0. The van der Waals surface area contributed by atoms with Crippen LogP contribution in [0.5, 0.6) is 5.75 Å². The molecule has 0 amide bonds. The molecule has 0 aromatic heterocycles. The molecular formula is C14H18O3. The van der Waals surface area contributed by atoms with Crippen molar-refractivity contribution in [1.82, 2.24) is 0 Å². The first-order valence-corrected chi connectivity index (χ1v) is 5.82. The van der Waals surface area contributed by atoms with Gasteiger partial charge in [-0.1, -0.05) is 26.0 Å². The van der Waals surface area contributed by atoms with Crippen LogP contribution in [0.4, 0.5) is 0 Å². The lowest BCUT2D eigenvalue weighted by atomic mass is 10.0. The summed E-state index contributed by atoms with van der Waals surface area (Å²) < 4.78 is 5.20. The topological polar surface area (TPSA) is 46.5 Å². The predicted octanol–water partition coefficient (Wildman–Crippen LogP) is 2.91. The Bertz CT molecular complexity index is 437. The maximum Gasteiger partial charge on any atom is 0.303 e. The molecule has 2 unspecified atom stereocenters. The van der Waals surface area contributed by atoms with Crippen molar-refractivity contribution in [3.8, 4) is 5.75 Å². The average Bonchev–Trinajstić information content (AvgIpc) is 2.79. The zero-order valence-corrected chi connectivity index (χ0v) is 10.4. The van der Waals surface area contributed by atoms with Crippen LogP contribution in [0.2, 0.25) is 0 Å². The first-order valence-electron chi connectivity index (χ1n) is 5.82. The van der Waals surface area contributed by atoms with Gasteiger partial charge in [0.2, 0.25) is 0 Å². The number of rotatable bonds is 4. The largest absolute Gasteiger partial charge is 0.497 e. The summed E-state index contributed by atoms with van der Waals surface area (Å²) in [6.07, 6.45) is 0.245. The van der Waals surface area contributed by atoms with Crippen LogP contribution < -0.4 is 4.74 Å². The number of aliphatic carboxylic acids is 1. The minimum Gasteiger partial charge on any atom is -0.497 e. The van der Waals surface area contributed by atoms with Crippen LogP contribution in [-0.4, -0.2) is 18.2 Å². The van der Waals surface area contributed by atoms with Crippen molar-refractivity contribution in [2.45, 2.75) is 26.2 Å². The predicted molar refractivity (Wildman–Crippen MR) is 65.3 cm³/mol. The van der Waals surface area contributed by atoms with E-state index in [0.717, 1.165) is 5.75 Å². The lowest BCUT2D eigenvalue weighted by molar-refractivity contribution is -0.137. The third kappa shape index (κ3) is 2.14. The summed E-state index contributed by atoms with van der Waals surface area (Å²) in [5, 5.41) is 8.90. The van der Waals surface area contributed by atoms with Crippen LogP contribution in [0, 0.1) is 11.3 Å². The molecule has 0 spiro atoms. The molecule has 0 heterocycles. The van der Waals surface area contributed by atoms with E-state index in [2.05, 4.69) is 19.9 Å². The van der Waals surface area contributed by atoms with Crippen LogP contribution >= 0.6 is 0 Å². The van der Waals surface area contributed by atoms with E-state index in [1.807, 2.05) is 18.2 Å². The molecule has 0 aliphatic heterocycles. The Hall–Kier alpha value is -1.51. The molecule has 0 saturated heterocycles. The van der Waals surface area contributed by atoms with Gasteiger partial charge in [-0.25, -0.2) is 0 Å². The van der Waals surface area contributed by atoms with Gasteiger partial charge in [-0.15, -0.1) is 0 Å². The number of carbonyl (C=O) groups is 1. The standard InChI is InChI=1S/C14H18O3/c1-14(2)11(8-12(15)16)13(14)9-5-4-6-10(7-9)17-3/h4-7,11,13H,8H2,1-3H3,(H,15,16). The van der Waals surface area contributed by atoms with Gasteiger partial charge in [-0.05, 0) is 34.9 Å². The van der Waals surface area contributed by atoms with Gasteiger partial charge in [0, 0.05) is 6.42 Å². The van der Waals surface area contributed by atoms with Gasteiger partial charge in [0.25, 0.3) is 0 Å². The fourth-order valence-corrected chi connectivity index (χ4v) is 2.81. The summed E-state index contributed by atoms with van der Waals surface area (Å²) in [7, 11) is 1.64. The fourth-order valence-electron chi connectivity index (χ4n) is 2.81. The average molecular weight is 234 g/mol. The molecule has 3 heteroatoms. The van der Waals surface area contributed by atoms with E-state index in [4.69, 9.17) is 9.84 Å². The van der Waals surface area contributed by atoms with Gasteiger partial charge in [-0.3, -0.25) is 4.79 Å². The maximum absolute atomic E-state index is 10.8. The van der Waals surface area contributed by atoms with E-state index in [0.29, 0.717) is 5.92 Å². The summed E-state index contributed by atoms with van der Waals surface area (Å²) in [5.41, 5.74) is 1.26. The monoisotopic (exact) mass is 234 g/mol. The Balaban J connectivity index is 2.20. The van der Waals surface area contributed by atoms with Crippen LogP contribution in [0.1, 0.15) is 31.7 Å². The molecule has 0 bridgehead atoms. The molecule has 1 saturated carbocycles. The minimum absolute atomic E-state index is 0.0742. The number of hydrogen-bond acceptors (Lipinski definition) is 2. The molecular weight excluding hydrogens is 216 g/mol. The van der Waals surface area contributed by atoms with Crippen molar-refractivity contribution < 1.29 is 14.6 Å². The van der Waals surface area contributed by atoms with Gasteiger partial charge in [0.15, 0.2) is 0 Å². The number of hydrogen-bond donors (Lipinski definition) is 1. The Morgan fingerprint density at radius 2 is 2.18 bits per heavy atom. The number of methoxy groups -OCH3 is 1. The molecule has 1 aromatic carbocycles. The van der Waals surface area contributed by atoms with E-state index < -0.39 is 5.97 Å². The first-order chi connectivity index (χ1) is 7.96. The highest BCUT2D eigenvalue weighted by atomic mass is 16.5. The number of carboxylic acid groups (broad SMARTS) is 1. The summed E-state index contributed by atoms with van der Waals surface area (Å²) in [6.45, 7) is 4.26. The second-order valence-corrected chi connectivity index (χ2v) is 5.28. The highest BCUT2D eigenvalue weighted by molar-refractivity contribution is 5.68. The van der Waals surface area contributed by atoms with E-state index >= 15 is 0 Å². The van der Waals surface area contributed by atoms with Gasteiger partial charge >= 0.3 is 5.97 Å². The maximum atomic E-state index is 10.8. The summed E-state index contributed by atoms with van der Waals surface area (Å²) in [6, 6.07) is 7.93. The second-order valence-electron chi connectivity index (χ2n) is 5.28. The normalized spacial score (nSPS) is 25.4. The highest BCUT2D eigenvalue weighted by Crippen LogP contribution is 2.66. The van der Waals surface area contributed by atoms with Crippen molar-refractivity contribution >= 4 is 5.97 Å². The molecule has 2 atom stereocenters. The molecule has 1 fully saturated rings. The SMILES string of the molecule is COc1cccc(C2C(CC(=O)O)C2(C)C)c1. The summed E-state index contributed by atoms with van der Waals surface area (Å²) in [4.78, 5) is 10.8. The van der Waals surface area contributed by atoms with E-state index in [1.165, 1.54) is 5.56 Å². The third-order valence-corrected chi connectivity index (χ3v) is 3.90. The number of benzene rings is 1. The molecule has 1 aliphatic rings. The van der Waals surface area contributed by atoms with Crippen molar-refractivity contribution in [3.63, 3.8) is 0 Å². The zero-order valence-electron chi connectivity index (χ0n) is 10.4. The lowest BCUT2D eigenvalue weighted by Crippen LogP contribution is -1.99. The molecule has 1 aromatic rings. The Morgan fingerprint density at radius 1 is 1.47 bits per heavy atom. The van der Waals surface area contributed by atoms with Gasteiger partial charge in [-0.2, -0.15) is 0 Å². The molecule has 1 aliphatic carbocycles. The number of carboxylic acids is 1. The van der Waals surface area contributed by atoms with Crippen LogP contribution in [0.3, 0.4) is 0 Å². The fraction of sp³-hybridized carbons (Fsp3) is 0.500. The molecule has 1 N–H and O–H groups in total. The van der Waals surface area contributed by atoms with Gasteiger partial charge < -0.3 is 9.84 Å². The Kier molecular flexibility index (Phi) is 2.86. The third-order valence-electron chi connectivity index (χ3n) is 3.90. The van der Waals surface area contributed by atoms with E-state index in [-0.39, 0.29) is 17.8 Å². The second kappa shape index (κ2) is 4.06. The molecule has 3 nitrogen and oxygen atoms in total. The van der Waals surface area contributed by atoms with Crippen molar-refractivity contribution in [2.75, 3.05) is 7.11 Å². The van der Waals surface area contributed by atoms with E-state index in [9.17, 15) is 4.79 Å². The zero-order chi connectivity index (χ0) is 12.6. The summed E-state index contributed by atoms with van der Waals surface area (Å²) in [5.74, 6) is 0.675. The van der Waals surface area contributed by atoms with Crippen LogP contribution in [0.25, 0.3) is 0 Å². The quantitative estimate of drug-likeness (QED) is 0.871. The van der Waals surface area contributed by atoms with Crippen molar-refractivity contribution in [1.29, 1.82) is 0 Å². The minimum atomic E-state index is -0.714. The number of ether oxygens (including phenoxy) is 1. The molecule has 2 rings (SSSR count). The van der Waals surface area contributed by atoms with Crippen molar-refractivity contribution in [3.05, 3.63) is 29.8 Å². The lowest BCUT2D eigenvalue weighted by Gasteiger charge is -2.05. The van der Waals surface area contributed by atoms with Crippen LogP contribution in [0.15, 0.2) is 24.3 Å². The Morgan fingerprint density at radius 3 is 2.76 bits per heavy atom. The van der Waals surface area contributed by atoms with Gasteiger partial charge in [0.1, 0.15) is 5.75 Å². The summed E-state index contributed by atoms with van der Waals surface area (Å²) >= 11 is 0. The van der Waals surface area contributed by atoms with Crippen LogP contribution in [-0.2, 0) is 4.79 Å². The van der Waals surface area contributed by atoms with Gasteiger partial charge in [0.05, 0.1) is 7.11 Å². The van der Waals surface area contributed by atoms with E-state index in [1.54, 1.807) is 7.11 Å². The van der Waals surface area contributed by atoms with Crippen molar-refractivity contribution in [2.24, 2.45) is 11.3 Å². The molecule has 92 valence electrons.